The number of hydrogen-bond donors (Lipinski definition) is 0. The topological polar surface area (TPSA) is 66.4 Å². The molecule has 0 spiro atoms. The second kappa shape index (κ2) is 7.40. The highest BCUT2D eigenvalue weighted by Crippen LogP contribution is 2.16. The van der Waals surface area contributed by atoms with Gasteiger partial charge < -0.3 is 14.6 Å². The van der Waals surface area contributed by atoms with Gasteiger partial charge in [0.05, 0.1) is 5.97 Å². The Morgan fingerprint density at radius 3 is 2.61 bits per heavy atom. The SMILES string of the molecule is Cc1ccc(/C=C/C(=O)c2cccc(OCC(=O)[O-])c2)c(C)c1. The number of carboxylic acid groups (broad SMARTS) is 1. The molecule has 4 heteroatoms. The number of carboxylic acids is 1. The van der Waals surface area contributed by atoms with Crippen molar-refractivity contribution >= 4 is 17.8 Å². The van der Waals surface area contributed by atoms with Gasteiger partial charge in [0.25, 0.3) is 0 Å². The third kappa shape index (κ3) is 4.81. The molecule has 0 aliphatic heterocycles. The van der Waals surface area contributed by atoms with Gasteiger partial charge in [-0.05, 0) is 43.2 Å². The van der Waals surface area contributed by atoms with Gasteiger partial charge in [-0.1, -0.05) is 42.0 Å². The van der Waals surface area contributed by atoms with Crippen molar-refractivity contribution in [2.75, 3.05) is 6.61 Å². The maximum absolute atomic E-state index is 12.2. The molecule has 0 aliphatic carbocycles. The van der Waals surface area contributed by atoms with Gasteiger partial charge in [-0.2, -0.15) is 0 Å². The van der Waals surface area contributed by atoms with Gasteiger partial charge in [-0.3, -0.25) is 4.79 Å². The number of aliphatic carboxylic acids is 1. The van der Waals surface area contributed by atoms with Crippen LogP contribution in [0.3, 0.4) is 0 Å². The summed E-state index contributed by atoms with van der Waals surface area (Å²) in [5, 5.41) is 10.4. The number of carbonyl (C=O) groups excluding carboxylic acids is 2. The molecular formula is C19H17O4-. The standard InChI is InChI=1S/C19H18O4/c1-13-6-7-15(14(2)10-13)8-9-18(20)16-4-3-5-17(11-16)23-12-19(21)22/h3-11H,12H2,1-2H3,(H,21,22)/p-1/b9-8+. The van der Waals surface area contributed by atoms with Crippen molar-refractivity contribution in [2.24, 2.45) is 0 Å². The van der Waals surface area contributed by atoms with E-state index in [1.165, 1.54) is 17.7 Å². The zero-order valence-electron chi connectivity index (χ0n) is 13.0. The van der Waals surface area contributed by atoms with Gasteiger partial charge >= 0.3 is 0 Å². The predicted octanol–water partition coefficient (Wildman–Crippen LogP) is 2.33. The van der Waals surface area contributed by atoms with Crippen LogP contribution in [-0.4, -0.2) is 18.4 Å². The lowest BCUT2D eigenvalue weighted by Crippen LogP contribution is -2.28. The highest BCUT2D eigenvalue weighted by molar-refractivity contribution is 6.07. The van der Waals surface area contributed by atoms with E-state index in [0.29, 0.717) is 11.3 Å². The molecule has 4 nitrogen and oxygen atoms in total. The lowest BCUT2D eigenvalue weighted by molar-refractivity contribution is -0.307. The van der Waals surface area contributed by atoms with E-state index in [-0.39, 0.29) is 5.78 Å². The lowest BCUT2D eigenvalue weighted by Gasteiger charge is -2.07. The second-order valence-electron chi connectivity index (χ2n) is 5.25. The first-order valence-corrected chi connectivity index (χ1v) is 7.18. The summed E-state index contributed by atoms with van der Waals surface area (Å²) >= 11 is 0. The van der Waals surface area contributed by atoms with Crippen LogP contribution in [0.4, 0.5) is 0 Å². The second-order valence-corrected chi connectivity index (χ2v) is 5.25. The van der Waals surface area contributed by atoms with Crippen molar-refractivity contribution in [1.82, 2.24) is 0 Å². The summed E-state index contributed by atoms with van der Waals surface area (Å²) in [4.78, 5) is 22.6. The third-order valence-electron chi connectivity index (χ3n) is 3.31. The summed E-state index contributed by atoms with van der Waals surface area (Å²) in [6, 6.07) is 12.4. The normalized spacial score (nSPS) is 10.7. The number of benzene rings is 2. The first kappa shape index (κ1) is 16.5. The summed E-state index contributed by atoms with van der Waals surface area (Å²) in [6.45, 7) is 3.46. The molecule has 2 aromatic rings. The van der Waals surface area contributed by atoms with Crippen LogP contribution >= 0.6 is 0 Å². The number of aryl methyl sites for hydroxylation is 2. The largest absolute Gasteiger partial charge is 0.546 e. The summed E-state index contributed by atoms with van der Waals surface area (Å²) in [6.07, 6.45) is 3.27. The fraction of sp³-hybridized carbons (Fsp3) is 0.158. The first-order chi connectivity index (χ1) is 11.0. The Labute approximate surface area is 135 Å². The molecule has 0 atom stereocenters. The Morgan fingerprint density at radius 2 is 1.91 bits per heavy atom. The van der Waals surface area contributed by atoms with E-state index in [1.54, 1.807) is 24.3 Å². The van der Waals surface area contributed by atoms with Crippen LogP contribution in [0.25, 0.3) is 6.08 Å². The van der Waals surface area contributed by atoms with Gasteiger partial charge in [0.15, 0.2) is 5.78 Å². The molecule has 2 rings (SSSR count). The van der Waals surface area contributed by atoms with Crippen LogP contribution in [0.1, 0.15) is 27.0 Å². The van der Waals surface area contributed by atoms with E-state index in [0.717, 1.165) is 11.1 Å². The fourth-order valence-electron chi connectivity index (χ4n) is 2.16. The van der Waals surface area contributed by atoms with Crippen LogP contribution in [0.2, 0.25) is 0 Å². The Bertz CT molecular complexity index is 760. The van der Waals surface area contributed by atoms with Crippen molar-refractivity contribution in [1.29, 1.82) is 0 Å². The summed E-state index contributed by atoms with van der Waals surface area (Å²) < 4.78 is 5.01. The molecule has 0 bridgehead atoms. The highest BCUT2D eigenvalue weighted by Gasteiger charge is 2.04. The summed E-state index contributed by atoms with van der Waals surface area (Å²) in [5.41, 5.74) is 3.68. The Balaban J connectivity index is 2.12. The Hall–Kier alpha value is -2.88. The van der Waals surface area contributed by atoms with Gasteiger partial charge in [-0.15, -0.1) is 0 Å². The highest BCUT2D eigenvalue weighted by atomic mass is 16.5. The number of rotatable bonds is 6. The molecule has 0 aromatic heterocycles. The van der Waals surface area contributed by atoms with E-state index in [9.17, 15) is 14.7 Å². The molecular weight excluding hydrogens is 292 g/mol. The summed E-state index contributed by atoms with van der Waals surface area (Å²) in [7, 11) is 0. The van der Waals surface area contributed by atoms with Crippen molar-refractivity contribution in [3.05, 3.63) is 70.8 Å². The van der Waals surface area contributed by atoms with Gasteiger partial charge in [0.2, 0.25) is 0 Å². The van der Waals surface area contributed by atoms with Gasteiger partial charge in [-0.25, -0.2) is 0 Å². The van der Waals surface area contributed by atoms with Crippen molar-refractivity contribution in [3.8, 4) is 5.75 Å². The molecule has 0 amide bonds. The minimum absolute atomic E-state index is 0.177. The molecule has 0 heterocycles. The minimum atomic E-state index is -1.31. The van der Waals surface area contributed by atoms with E-state index >= 15 is 0 Å². The lowest BCUT2D eigenvalue weighted by atomic mass is 10.0. The maximum Gasteiger partial charge on any atom is 0.185 e. The maximum atomic E-state index is 12.2. The molecule has 0 unspecified atom stereocenters. The first-order valence-electron chi connectivity index (χ1n) is 7.18. The number of hydrogen-bond acceptors (Lipinski definition) is 4. The molecule has 0 N–H and O–H groups in total. The van der Waals surface area contributed by atoms with Gasteiger partial charge in [0, 0.05) is 5.56 Å². The van der Waals surface area contributed by atoms with Crippen molar-refractivity contribution < 1.29 is 19.4 Å². The van der Waals surface area contributed by atoms with E-state index in [1.807, 2.05) is 26.0 Å². The number of ketones is 1. The van der Waals surface area contributed by atoms with Gasteiger partial charge in [0.1, 0.15) is 12.4 Å². The molecule has 0 saturated heterocycles. The smallest absolute Gasteiger partial charge is 0.185 e. The predicted molar refractivity (Wildman–Crippen MR) is 86.2 cm³/mol. The fourth-order valence-corrected chi connectivity index (χ4v) is 2.16. The molecule has 0 saturated carbocycles. The molecule has 0 fully saturated rings. The van der Waals surface area contributed by atoms with Crippen LogP contribution in [0.5, 0.6) is 5.75 Å². The zero-order valence-corrected chi connectivity index (χ0v) is 13.0. The Morgan fingerprint density at radius 1 is 1.13 bits per heavy atom. The zero-order chi connectivity index (χ0) is 16.8. The minimum Gasteiger partial charge on any atom is -0.546 e. The van der Waals surface area contributed by atoms with Crippen LogP contribution in [0, 0.1) is 13.8 Å². The third-order valence-corrected chi connectivity index (χ3v) is 3.31. The van der Waals surface area contributed by atoms with E-state index in [4.69, 9.17) is 4.74 Å². The number of allylic oxidation sites excluding steroid dienone is 1. The number of carbonyl (C=O) groups is 2. The van der Waals surface area contributed by atoms with Crippen LogP contribution in [0.15, 0.2) is 48.5 Å². The van der Waals surface area contributed by atoms with E-state index < -0.39 is 12.6 Å². The Kier molecular flexibility index (Phi) is 5.31. The van der Waals surface area contributed by atoms with Crippen molar-refractivity contribution in [2.45, 2.75) is 13.8 Å². The molecule has 118 valence electrons. The summed E-state index contributed by atoms with van der Waals surface area (Å²) in [5.74, 6) is -1.17. The van der Waals surface area contributed by atoms with E-state index in [2.05, 4.69) is 6.07 Å². The van der Waals surface area contributed by atoms with Crippen LogP contribution < -0.4 is 9.84 Å². The quantitative estimate of drug-likeness (QED) is 0.607. The monoisotopic (exact) mass is 309 g/mol. The molecule has 2 aromatic carbocycles. The number of ether oxygens (including phenoxy) is 1. The molecule has 0 aliphatic rings. The molecule has 0 radical (unpaired) electrons. The average molecular weight is 309 g/mol. The molecule has 23 heavy (non-hydrogen) atoms. The average Bonchev–Trinajstić information content (AvgIpc) is 2.52. The van der Waals surface area contributed by atoms with Crippen LogP contribution in [-0.2, 0) is 4.79 Å². The van der Waals surface area contributed by atoms with Crippen molar-refractivity contribution in [3.63, 3.8) is 0 Å².